The van der Waals surface area contributed by atoms with Gasteiger partial charge < -0.3 is 4.98 Å². The van der Waals surface area contributed by atoms with Crippen LogP contribution in [-0.2, 0) is 0 Å². The standard InChI is InChI=1S/C47H29N9O/c57-45-40-37(33-25-13-15-27-35(33)56(40)47-53-43(31-21-9-3-10-22-31)50-44(54-47)32-23-11-4-12-24-32)39-38(48-45)34-26-14-16-28-36(34)55(39)46-51-41(29-17-5-1-6-18-29)49-42(52-46)30-19-7-2-8-20-30/h1-28H,(H,48,57). The highest BCUT2D eigenvalue weighted by Gasteiger charge is 2.26. The Bertz CT molecular complexity index is 3240. The first-order chi connectivity index (χ1) is 28.2. The molecule has 0 fully saturated rings. The monoisotopic (exact) mass is 735 g/mol. The van der Waals surface area contributed by atoms with Crippen molar-refractivity contribution >= 4 is 43.7 Å². The molecule has 0 bridgehead atoms. The van der Waals surface area contributed by atoms with Crippen molar-refractivity contribution in [3.05, 3.63) is 180 Å². The first kappa shape index (κ1) is 32.3. The van der Waals surface area contributed by atoms with E-state index >= 15 is 0 Å². The third-order valence-corrected chi connectivity index (χ3v) is 10.2. The predicted octanol–water partition coefficient (Wildman–Crippen LogP) is 9.61. The van der Waals surface area contributed by atoms with Crippen molar-refractivity contribution in [1.29, 1.82) is 0 Å². The van der Waals surface area contributed by atoms with Gasteiger partial charge in [-0.1, -0.05) is 158 Å². The maximum absolute atomic E-state index is 14.7. The Kier molecular flexibility index (Phi) is 7.39. The van der Waals surface area contributed by atoms with Gasteiger partial charge in [-0.3, -0.25) is 13.9 Å². The van der Waals surface area contributed by atoms with Crippen LogP contribution in [0.3, 0.4) is 0 Å². The number of nitrogens with zero attached hydrogens (tertiary/aromatic N) is 8. The van der Waals surface area contributed by atoms with Crippen LogP contribution in [0.1, 0.15) is 0 Å². The van der Waals surface area contributed by atoms with E-state index in [1.54, 1.807) is 0 Å². The first-order valence-electron chi connectivity index (χ1n) is 18.5. The van der Waals surface area contributed by atoms with Gasteiger partial charge in [0.05, 0.1) is 22.1 Å². The average Bonchev–Trinajstić information content (AvgIpc) is 3.81. The molecule has 0 spiro atoms. The summed E-state index contributed by atoms with van der Waals surface area (Å²) >= 11 is 0. The van der Waals surface area contributed by atoms with E-state index < -0.39 is 0 Å². The number of aromatic amines is 1. The van der Waals surface area contributed by atoms with E-state index in [9.17, 15) is 4.79 Å². The minimum atomic E-state index is -0.287. The highest BCUT2D eigenvalue weighted by Crippen LogP contribution is 2.39. The molecule has 0 unspecified atom stereocenters. The maximum atomic E-state index is 14.7. The third kappa shape index (κ3) is 5.30. The largest absolute Gasteiger partial charge is 0.318 e. The van der Waals surface area contributed by atoms with Gasteiger partial charge in [-0.25, -0.2) is 9.97 Å². The van der Waals surface area contributed by atoms with Crippen LogP contribution < -0.4 is 5.56 Å². The van der Waals surface area contributed by atoms with Gasteiger partial charge in [0.2, 0.25) is 11.9 Å². The Hall–Kier alpha value is -8.11. The van der Waals surface area contributed by atoms with Gasteiger partial charge in [0.15, 0.2) is 23.3 Å². The molecule has 0 aliphatic carbocycles. The summed E-state index contributed by atoms with van der Waals surface area (Å²) in [4.78, 5) is 48.3. The molecule has 0 aliphatic rings. The van der Waals surface area contributed by atoms with E-state index in [4.69, 9.17) is 29.9 Å². The van der Waals surface area contributed by atoms with E-state index in [1.807, 2.05) is 179 Å². The van der Waals surface area contributed by atoms with Gasteiger partial charge in [-0.2, -0.15) is 19.9 Å². The number of H-pyrrole nitrogens is 1. The van der Waals surface area contributed by atoms with Crippen LogP contribution >= 0.6 is 0 Å². The van der Waals surface area contributed by atoms with Gasteiger partial charge >= 0.3 is 0 Å². The van der Waals surface area contributed by atoms with E-state index in [1.165, 1.54) is 0 Å². The van der Waals surface area contributed by atoms with Gasteiger partial charge in [-0.15, -0.1) is 0 Å². The zero-order valence-corrected chi connectivity index (χ0v) is 30.2. The lowest BCUT2D eigenvalue weighted by Gasteiger charge is -2.12. The minimum Gasteiger partial charge on any atom is -0.318 e. The third-order valence-electron chi connectivity index (χ3n) is 10.2. The summed E-state index contributed by atoms with van der Waals surface area (Å²) < 4.78 is 3.89. The van der Waals surface area contributed by atoms with Crippen LogP contribution in [0.25, 0.3) is 101 Å². The zero-order chi connectivity index (χ0) is 37.9. The molecule has 0 saturated carbocycles. The lowest BCUT2D eigenvalue weighted by Crippen LogP contribution is -2.14. The van der Waals surface area contributed by atoms with Crippen molar-refractivity contribution in [3.63, 3.8) is 0 Å². The van der Waals surface area contributed by atoms with Gasteiger partial charge in [0, 0.05) is 38.4 Å². The Balaban J connectivity index is 1.27. The van der Waals surface area contributed by atoms with Crippen LogP contribution in [0.2, 0.25) is 0 Å². The van der Waals surface area contributed by atoms with Crippen molar-refractivity contribution in [1.82, 2.24) is 44.0 Å². The van der Waals surface area contributed by atoms with Crippen LogP contribution in [0, 0.1) is 0 Å². The van der Waals surface area contributed by atoms with Gasteiger partial charge in [0.25, 0.3) is 5.56 Å². The number of aromatic nitrogens is 9. The molecular weight excluding hydrogens is 707 g/mol. The van der Waals surface area contributed by atoms with Crippen molar-refractivity contribution in [2.24, 2.45) is 0 Å². The smallest absolute Gasteiger partial charge is 0.273 e. The molecule has 10 heteroatoms. The quantitative estimate of drug-likeness (QED) is 0.181. The van der Waals surface area contributed by atoms with E-state index in [2.05, 4.69) is 4.98 Å². The summed E-state index contributed by atoms with van der Waals surface area (Å²) in [5, 5.41) is 2.41. The van der Waals surface area contributed by atoms with Crippen molar-refractivity contribution < 1.29 is 0 Å². The molecule has 1 N–H and O–H groups in total. The Morgan fingerprint density at radius 1 is 0.368 bits per heavy atom. The molecule has 5 aromatic heterocycles. The highest BCUT2D eigenvalue weighted by atomic mass is 16.1. The summed E-state index contributed by atoms with van der Waals surface area (Å²) in [6, 6.07) is 55.3. The number of fused-ring (bicyclic) bond motifs is 7. The van der Waals surface area contributed by atoms with Crippen molar-refractivity contribution in [2.45, 2.75) is 0 Å². The van der Waals surface area contributed by atoms with Crippen molar-refractivity contribution in [3.8, 4) is 57.4 Å². The number of hydrogen-bond acceptors (Lipinski definition) is 7. The summed E-state index contributed by atoms with van der Waals surface area (Å²) in [7, 11) is 0. The summed E-state index contributed by atoms with van der Waals surface area (Å²) in [6.07, 6.45) is 0. The average molecular weight is 736 g/mol. The van der Waals surface area contributed by atoms with Crippen LogP contribution in [0.15, 0.2) is 175 Å². The Morgan fingerprint density at radius 3 is 1.16 bits per heavy atom. The molecule has 5 heterocycles. The number of rotatable bonds is 6. The molecule has 6 aromatic carbocycles. The summed E-state index contributed by atoms with van der Waals surface area (Å²) in [5.41, 5.74) is 6.46. The molecule has 0 amide bonds. The van der Waals surface area contributed by atoms with Gasteiger partial charge in [-0.05, 0) is 12.1 Å². The molecule has 57 heavy (non-hydrogen) atoms. The normalized spacial score (nSPS) is 11.6. The highest BCUT2D eigenvalue weighted by molar-refractivity contribution is 6.24. The molecular formula is C47H29N9O. The maximum Gasteiger partial charge on any atom is 0.273 e. The molecule has 0 atom stereocenters. The lowest BCUT2D eigenvalue weighted by molar-refractivity contribution is 0.947. The summed E-state index contributed by atoms with van der Waals surface area (Å²) in [5.74, 6) is 2.77. The lowest BCUT2D eigenvalue weighted by atomic mass is 10.1. The molecule has 268 valence electrons. The van der Waals surface area contributed by atoms with Gasteiger partial charge in [0.1, 0.15) is 5.52 Å². The van der Waals surface area contributed by atoms with Crippen LogP contribution in [0.5, 0.6) is 0 Å². The fraction of sp³-hybridized carbons (Fsp3) is 0. The molecule has 0 aliphatic heterocycles. The van der Waals surface area contributed by atoms with E-state index in [0.717, 1.165) is 49.6 Å². The number of pyridine rings is 1. The van der Waals surface area contributed by atoms with E-state index in [0.29, 0.717) is 51.6 Å². The second kappa shape index (κ2) is 13.0. The Morgan fingerprint density at radius 2 is 0.719 bits per heavy atom. The number of benzene rings is 6. The van der Waals surface area contributed by atoms with Crippen LogP contribution in [-0.4, -0.2) is 44.0 Å². The number of hydrogen-bond donors (Lipinski definition) is 1. The molecule has 10 nitrogen and oxygen atoms in total. The SMILES string of the molecule is O=c1[nH]c2c3ccccc3n(-c3nc(-c4ccccc4)nc(-c4ccccc4)n3)c2c2c3ccccc3n(-c3nc(-c4ccccc4)nc(-c4ccccc4)n3)c12. The topological polar surface area (TPSA) is 120 Å². The van der Waals surface area contributed by atoms with Crippen molar-refractivity contribution in [2.75, 3.05) is 0 Å². The van der Waals surface area contributed by atoms with E-state index in [-0.39, 0.29) is 5.56 Å². The molecule has 0 radical (unpaired) electrons. The second-order valence-corrected chi connectivity index (χ2v) is 13.6. The summed E-state index contributed by atoms with van der Waals surface area (Å²) in [6.45, 7) is 0. The predicted molar refractivity (Wildman–Crippen MR) is 224 cm³/mol. The Labute approximate surface area is 324 Å². The fourth-order valence-electron chi connectivity index (χ4n) is 7.68. The number of nitrogens with one attached hydrogen (secondary N) is 1. The molecule has 0 saturated heterocycles. The fourth-order valence-corrected chi connectivity index (χ4v) is 7.68. The second-order valence-electron chi connectivity index (χ2n) is 13.6. The van der Waals surface area contributed by atoms with Crippen LogP contribution in [0.4, 0.5) is 0 Å². The number of para-hydroxylation sites is 2. The molecule has 11 aromatic rings. The minimum absolute atomic E-state index is 0.287. The first-order valence-corrected chi connectivity index (χ1v) is 18.5. The zero-order valence-electron chi connectivity index (χ0n) is 30.2. The molecule has 11 rings (SSSR count).